The number of carbonyl (C=O) groups is 2. The molecular formula is C18H13N3O4. The lowest BCUT2D eigenvalue weighted by molar-refractivity contribution is 0.0686. The number of hydrogen-bond acceptors (Lipinski definition) is 5. The predicted molar refractivity (Wildman–Crippen MR) is 91.2 cm³/mol. The molecule has 25 heavy (non-hydrogen) atoms. The van der Waals surface area contributed by atoms with Crippen LogP contribution in [0.3, 0.4) is 0 Å². The highest BCUT2D eigenvalue weighted by atomic mass is 16.4. The monoisotopic (exact) mass is 335 g/mol. The van der Waals surface area contributed by atoms with Crippen LogP contribution < -0.4 is 5.73 Å². The van der Waals surface area contributed by atoms with Crippen molar-refractivity contribution in [2.75, 3.05) is 5.73 Å². The number of rotatable bonds is 4. The van der Waals surface area contributed by atoms with Gasteiger partial charge in [-0.3, -0.25) is 9.97 Å². The summed E-state index contributed by atoms with van der Waals surface area (Å²) in [6.07, 6.45) is 5.52. The van der Waals surface area contributed by atoms with Crippen molar-refractivity contribution in [3.63, 3.8) is 0 Å². The molecule has 0 saturated carbocycles. The van der Waals surface area contributed by atoms with E-state index in [0.717, 1.165) is 0 Å². The van der Waals surface area contributed by atoms with Gasteiger partial charge in [-0.25, -0.2) is 9.59 Å². The smallest absolute Gasteiger partial charge is 0.337 e. The first kappa shape index (κ1) is 16.1. The lowest BCUT2D eigenvalue weighted by atomic mass is 9.95. The molecule has 0 aliphatic rings. The molecule has 0 radical (unpaired) electrons. The zero-order valence-corrected chi connectivity index (χ0v) is 12.9. The summed E-state index contributed by atoms with van der Waals surface area (Å²) in [5, 5.41) is 18.6. The standard InChI is InChI=1S/C18H13N3O4/c19-16-7-10(11-3-5-20-8-14(11)17(22)23)1-2-13(16)12-4-6-21-9-15(12)18(24)25/h1-9H,19H2,(H,22,23)(H,24,25). The van der Waals surface area contributed by atoms with Crippen molar-refractivity contribution >= 4 is 17.6 Å². The predicted octanol–water partition coefficient (Wildman–Crippen LogP) is 2.79. The van der Waals surface area contributed by atoms with E-state index in [9.17, 15) is 19.8 Å². The molecule has 0 aliphatic carbocycles. The Labute approximate surface area is 142 Å². The molecule has 3 rings (SSSR count). The van der Waals surface area contributed by atoms with E-state index in [0.29, 0.717) is 27.9 Å². The van der Waals surface area contributed by atoms with Crippen LogP contribution >= 0.6 is 0 Å². The summed E-state index contributed by atoms with van der Waals surface area (Å²) in [6.45, 7) is 0. The van der Waals surface area contributed by atoms with Crippen LogP contribution in [0.5, 0.6) is 0 Å². The largest absolute Gasteiger partial charge is 0.478 e. The Kier molecular flexibility index (Phi) is 4.13. The minimum absolute atomic E-state index is 0.0390. The first-order valence-corrected chi connectivity index (χ1v) is 7.24. The van der Waals surface area contributed by atoms with Gasteiger partial charge in [0.25, 0.3) is 0 Å². The van der Waals surface area contributed by atoms with E-state index < -0.39 is 11.9 Å². The number of hydrogen-bond donors (Lipinski definition) is 3. The van der Waals surface area contributed by atoms with Crippen molar-refractivity contribution in [2.24, 2.45) is 0 Å². The van der Waals surface area contributed by atoms with E-state index in [-0.39, 0.29) is 11.1 Å². The van der Waals surface area contributed by atoms with Crippen LogP contribution in [0, 0.1) is 0 Å². The maximum absolute atomic E-state index is 11.4. The average Bonchev–Trinajstić information content (AvgIpc) is 2.61. The number of carboxylic acid groups (broad SMARTS) is 2. The fraction of sp³-hybridized carbons (Fsp3) is 0. The lowest BCUT2D eigenvalue weighted by Crippen LogP contribution is -2.03. The number of benzene rings is 1. The van der Waals surface area contributed by atoms with Crippen molar-refractivity contribution in [1.29, 1.82) is 0 Å². The van der Waals surface area contributed by atoms with E-state index in [1.807, 2.05) is 0 Å². The van der Waals surface area contributed by atoms with Crippen LogP contribution in [0.2, 0.25) is 0 Å². The van der Waals surface area contributed by atoms with Crippen LogP contribution in [0.1, 0.15) is 20.7 Å². The summed E-state index contributed by atoms with van der Waals surface area (Å²) < 4.78 is 0. The normalized spacial score (nSPS) is 10.4. The van der Waals surface area contributed by atoms with E-state index in [4.69, 9.17) is 5.73 Å². The Morgan fingerprint density at radius 2 is 1.36 bits per heavy atom. The Morgan fingerprint density at radius 1 is 0.800 bits per heavy atom. The summed E-state index contributed by atoms with van der Waals surface area (Å²) in [5.41, 5.74) is 8.61. The van der Waals surface area contributed by atoms with Gasteiger partial charge in [-0.15, -0.1) is 0 Å². The molecule has 124 valence electrons. The molecule has 0 bridgehead atoms. The molecule has 7 nitrogen and oxygen atoms in total. The zero-order valence-electron chi connectivity index (χ0n) is 12.9. The number of nitrogen functional groups attached to an aromatic ring is 1. The molecule has 0 amide bonds. The highest BCUT2D eigenvalue weighted by molar-refractivity contribution is 5.99. The molecule has 0 spiro atoms. The number of nitrogens with two attached hydrogens (primary N) is 1. The van der Waals surface area contributed by atoms with Gasteiger partial charge in [0.2, 0.25) is 0 Å². The van der Waals surface area contributed by atoms with Crippen LogP contribution in [-0.2, 0) is 0 Å². The van der Waals surface area contributed by atoms with Crippen molar-refractivity contribution in [1.82, 2.24) is 9.97 Å². The SMILES string of the molecule is Nc1cc(-c2ccncc2C(=O)O)ccc1-c1ccncc1C(=O)O. The van der Waals surface area contributed by atoms with Gasteiger partial charge in [0.05, 0.1) is 11.1 Å². The van der Waals surface area contributed by atoms with Crippen molar-refractivity contribution in [2.45, 2.75) is 0 Å². The highest BCUT2D eigenvalue weighted by Crippen LogP contribution is 2.33. The second-order valence-corrected chi connectivity index (χ2v) is 5.25. The van der Waals surface area contributed by atoms with Crippen molar-refractivity contribution in [3.05, 3.63) is 66.2 Å². The first-order valence-electron chi connectivity index (χ1n) is 7.24. The molecule has 4 N–H and O–H groups in total. The quantitative estimate of drug-likeness (QED) is 0.626. The number of aromatic carboxylic acids is 2. The van der Waals surface area contributed by atoms with Crippen LogP contribution in [-0.4, -0.2) is 32.1 Å². The number of aromatic nitrogens is 2. The minimum atomic E-state index is -1.10. The lowest BCUT2D eigenvalue weighted by Gasteiger charge is -2.12. The number of carboxylic acids is 2. The number of nitrogens with zero attached hydrogens (tertiary/aromatic N) is 2. The van der Waals surface area contributed by atoms with Gasteiger partial charge in [-0.1, -0.05) is 12.1 Å². The highest BCUT2D eigenvalue weighted by Gasteiger charge is 2.16. The zero-order chi connectivity index (χ0) is 18.0. The van der Waals surface area contributed by atoms with Gasteiger partial charge in [-0.2, -0.15) is 0 Å². The van der Waals surface area contributed by atoms with Gasteiger partial charge < -0.3 is 15.9 Å². The molecule has 2 aromatic heterocycles. The van der Waals surface area contributed by atoms with Crippen LogP contribution in [0.15, 0.2) is 55.1 Å². The van der Waals surface area contributed by atoms with Gasteiger partial charge in [0.15, 0.2) is 0 Å². The summed E-state index contributed by atoms with van der Waals surface area (Å²) in [7, 11) is 0. The van der Waals surface area contributed by atoms with Crippen LogP contribution in [0.25, 0.3) is 22.3 Å². The Morgan fingerprint density at radius 3 is 1.92 bits per heavy atom. The minimum Gasteiger partial charge on any atom is -0.478 e. The third-order valence-corrected chi connectivity index (χ3v) is 3.76. The second kappa shape index (κ2) is 6.40. The molecule has 0 fully saturated rings. The summed E-state index contributed by atoms with van der Waals surface area (Å²) in [5.74, 6) is -2.19. The first-order chi connectivity index (χ1) is 12.0. The summed E-state index contributed by atoms with van der Waals surface area (Å²) in [4.78, 5) is 30.4. The van der Waals surface area contributed by atoms with Crippen LogP contribution in [0.4, 0.5) is 5.69 Å². The third kappa shape index (κ3) is 3.02. The maximum atomic E-state index is 11.4. The van der Waals surface area contributed by atoms with E-state index in [1.165, 1.54) is 24.8 Å². The Hall–Kier alpha value is -3.74. The van der Waals surface area contributed by atoms with E-state index in [2.05, 4.69) is 9.97 Å². The van der Waals surface area contributed by atoms with Crippen molar-refractivity contribution in [3.8, 4) is 22.3 Å². The molecule has 0 atom stereocenters. The number of anilines is 1. The molecule has 0 aliphatic heterocycles. The topological polar surface area (TPSA) is 126 Å². The van der Waals surface area contributed by atoms with E-state index >= 15 is 0 Å². The van der Waals surface area contributed by atoms with Gasteiger partial charge in [0.1, 0.15) is 0 Å². The fourth-order valence-electron chi connectivity index (χ4n) is 2.59. The maximum Gasteiger partial charge on any atom is 0.337 e. The molecule has 1 aromatic carbocycles. The van der Waals surface area contributed by atoms with Crippen molar-refractivity contribution < 1.29 is 19.8 Å². The van der Waals surface area contributed by atoms with E-state index in [1.54, 1.807) is 30.3 Å². The molecule has 7 heteroatoms. The Balaban J connectivity index is 2.13. The fourth-order valence-corrected chi connectivity index (χ4v) is 2.59. The summed E-state index contributed by atoms with van der Waals surface area (Å²) >= 11 is 0. The summed E-state index contributed by atoms with van der Waals surface area (Å²) in [6, 6.07) is 8.14. The Bertz CT molecular complexity index is 986. The van der Waals surface area contributed by atoms with Gasteiger partial charge in [0, 0.05) is 41.6 Å². The van der Waals surface area contributed by atoms with Gasteiger partial charge >= 0.3 is 11.9 Å². The molecule has 3 aromatic rings. The number of pyridine rings is 2. The third-order valence-electron chi connectivity index (χ3n) is 3.76. The molecular weight excluding hydrogens is 322 g/mol. The second-order valence-electron chi connectivity index (χ2n) is 5.25. The molecule has 0 saturated heterocycles. The average molecular weight is 335 g/mol. The molecule has 0 unspecified atom stereocenters. The molecule has 2 heterocycles. The van der Waals surface area contributed by atoms with Gasteiger partial charge in [-0.05, 0) is 29.3 Å².